The highest BCUT2D eigenvalue weighted by Gasteiger charge is 2.45. The Morgan fingerprint density at radius 2 is 1.80 bits per heavy atom. The van der Waals surface area contributed by atoms with Gasteiger partial charge in [0.2, 0.25) is 11.8 Å². The number of nitrogens with one attached hydrogen (secondary N) is 1. The maximum Gasteiger partial charge on any atom is 0.245 e. The molecular formula is C25H28N2O3. The predicted molar refractivity (Wildman–Crippen MR) is 117 cm³/mol. The van der Waals surface area contributed by atoms with Gasteiger partial charge in [0.25, 0.3) is 0 Å². The van der Waals surface area contributed by atoms with Gasteiger partial charge in [-0.05, 0) is 49.0 Å². The van der Waals surface area contributed by atoms with Crippen LogP contribution in [0.1, 0.15) is 30.4 Å². The van der Waals surface area contributed by atoms with Gasteiger partial charge in [0.15, 0.2) is 0 Å². The first kappa shape index (κ1) is 20.4. The van der Waals surface area contributed by atoms with E-state index in [0.717, 1.165) is 30.5 Å². The van der Waals surface area contributed by atoms with Gasteiger partial charge in [-0.25, -0.2) is 0 Å². The van der Waals surface area contributed by atoms with Crippen LogP contribution in [0.4, 0.5) is 5.69 Å². The lowest BCUT2D eigenvalue weighted by atomic mass is 9.85. The minimum Gasteiger partial charge on any atom is -0.374 e. The summed E-state index contributed by atoms with van der Waals surface area (Å²) in [6, 6.07) is 18.2. The zero-order valence-electron chi connectivity index (χ0n) is 17.2. The van der Waals surface area contributed by atoms with E-state index in [1.807, 2.05) is 36.4 Å². The van der Waals surface area contributed by atoms with Crippen LogP contribution >= 0.6 is 0 Å². The van der Waals surface area contributed by atoms with Crippen molar-refractivity contribution in [2.75, 3.05) is 25.0 Å². The molecule has 1 atom stereocenters. The van der Waals surface area contributed by atoms with Gasteiger partial charge in [-0.1, -0.05) is 55.1 Å². The Bertz CT molecular complexity index is 917. The molecule has 5 heteroatoms. The molecule has 1 N–H and O–H groups in total. The summed E-state index contributed by atoms with van der Waals surface area (Å²) in [5.74, 6) is -0.194. The number of anilines is 1. The largest absolute Gasteiger partial charge is 0.374 e. The SMILES string of the molecule is C=CC(=O)N1CCC2(CC1)CC(C(=O)Nc1ccccc1Cc1ccccc1)CO2. The summed E-state index contributed by atoms with van der Waals surface area (Å²) >= 11 is 0. The first-order chi connectivity index (χ1) is 14.6. The van der Waals surface area contributed by atoms with Crippen molar-refractivity contribution in [3.63, 3.8) is 0 Å². The van der Waals surface area contributed by atoms with Crippen LogP contribution in [0.15, 0.2) is 67.3 Å². The molecule has 1 spiro atoms. The van der Waals surface area contributed by atoms with Gasteiger partial charge in [-0.3, -0.25) is 9.59 Å². The molecule has 156 valence electrons. The molecule has 2 heterocycles. The average molecular weight is 405 g/mol. The van der Waals surface area contributed by atoms with Crippen LogP contribution in [-0.4, -0.2) is 42.0 Å². The Morgan fingerprint density at radius 1 is 1.10 bits per heavy atom. The second-order valence-electron chi connectivity index (χ2n) is 8.23. The molecule has 2 fully saturated rings. The molecule has 30 heavy (non-hydrogen) atoms. The summed E-state index contributed by atoms with van der Waals surface area (Å²) in [4.78, 5) is 26.6. The second kappa shape index (κ2) is 8.84. The first-order valence-electron chi connectivity index (χ1n) is 10.6. The topological polar surface area (TPSA) is 58.6 Å². The lowest BCUT2D eigenvalue weighted by molar-refractivity contribution is -0.130. The van der Waals surface area contributed by atoms with E-state index in [9.17, 15) is 9.59 Å². The molecule has 2 amide bonds. The van der Waals surface area contributed by atoms with Crippen LogP contribution in [0.2, 0.25) is 0 Å². The minimum atomic E-state index is -0.288. The van der Waals surface area contributed by atoms with Crippen LogP contribution in [0.3, 0.4) is 0 Å². The fraction of sp³-hybridized carbons (Fsp3) is 0.360. The summed E-state index contributed by atoms with van der Waals surface area (Å²) in [5.41, 5.74) is 2.88. The van der Waals surface area contributed by atoms with Crippen molar-refractivity contribution in [2.45, 2.75) is 31.3 Å². The molecule has 1 unspecified atom stereocenters. The van der Waals surface area contributed by atoms with Crippen LogP contribution in [0.25, 0.3) is 0 Å². The van der Waals surface area contributed by atoms with Gasteiger partial charge in [-0.2, -0.15) is 0 Å². The van der Waals surface area contributed by atoms with Gasteiger partial charge in [-0.15, -0.1) is 0 Å². The number of ether oxygens (including phenoxy) is 1. The lowest BCUT2D eigenvalue weighted by Gasteiger charge is -2.38. The zero-order valence-corrected chi connectivity index (χ0v) is 17.2. The van der Waals surface area contributed by atoms with E-state index in [0.29, 0.717) is 26.1 Å². The Balaban J connectivity index is 1.38. The summed E-state index contributed by atoms with van der Waals surface area (Å²) in [5, 5.41) is 3.13. The van der Waals surface area contributed by atoms with Gasteiger partial charge in [0.05, 0.1) is 18.1 Å². The number of rotatable bonds is 5. The number of carbonyl (C=O) groups excluding carboxylic acids is 2. The summed E-state index contributed by atoms with van der Waals surface area (Å²) in [6.45, 7) is 5.29. The molecule has 4 rings (SSSR count). The van der Waals surface area contributed by atoms with E-state index >= 15 is 0 Å². The van der Waals surface area contributed by atoms with E-state index in [1.54, 1.807) is 4.90 Å². The summed E-state index contributed by atoms with van der Waals surface area (Å²) in [6.07, 6.45) is 4.36. The number of piperidine rings is 1. The predicted octanol–water partition coefficient (Wildman–Crippen LogP) is 3.80. The molecule has 2 aliphatic rings. The van der Waals surface area contributed by atoms with E-state index in [4.69, 9.17) is 4.74 Å². The third-order valence-electron chi connectivity index (χ3n) is 6.25. The number of hydrogen-bond donors (Lipinski definition) is 1. The maximum absolute atomic E-state index is 13.0. The normalized spacial score (nSPS) is 20.1. The third-order valence-corrected chi connectivity index (χ3v) is 6.25. The molecule has 0 aliphatic carbocycles. The number of hydrogen-bond acceptors (Lipinski definition) is 3. The van der Waals surface area contributed by atoms with Crippen molar-refractivity contribution in [1.82, 2.24) is 4.90 Å². The van der Waals surface area contributed by atoms with Crippen molar-refractivity contribution in [1.29, 1.82) is 0 Å². The zero-order chi connectivity index (χ0) is 21.0. The van der Waals surface area contributed by atoms with Crippen molar-refractivity contribution < 1.29 is 14.3 Å². The average Bonchev–Trinajstić information content (AvgIpc) is 3.19. The van der Waals surface area contributed by atoms with Crippen molar-refractivity contribution in [3.8, 4) is 0 Å². The quantitative estimate of drug-likeness (QED) is 0.771. The fourth-order valence-corrected chi connectivity index (χ4v) is 4.47. The van der Waals surface area contributed by atoms with Gasteiger partial charge in [0, 0.05) is 18.8 Å². The molecule has 0 radical (unpaired) electrons. The Hall–Kier alpha value is -2.92. The molecular weight excluding hydrogens is 376 g/mol. The number of amides is 2. The summed E-state index contributed by atoms with van der Waals surface area (Å²) in [7, 11) is 0. The van der Waals surface area contributed by atoms with Crippen molar-refractivity contribution in [3.05, 3.63) is 78.4 Å². The second-order valence-corrected chi connectivity index (χ2v) is 8.23. The molecule has 2 aromatic carbocycles. The standard InChI is InChI=1S/C25H28N2O3/c1-2-23(28)27-14-12-25(13-15-27)17-21(18-30-25)24(29)26-22-11-7-6-10-20(22)16-19-8-4-3-5-9-19/h2-11,21H,1,12-18H2,(H,26,29). The fourth-order valence-electron chi connectivity index (χ4n) is 4.47. The van der Waals surface area contributed by atoms with Crippen LogP contribution in [0.5, 0.6) is 0 Å². The number of nitrogens with zero attached hydrogens (tertiary/aromatic N) is 1. The third kappa shape index (κ3) is 4.46. The highest BCUT2D eigenvalue weighted by atomic mass is 16.5. The van der Waals surface area contributed by atoms with Crippen LogP contribution in [-0.2, 0) is 20.7 Å². The van der Waals surface area contributed by atoms with Crippen LogP contribution < -0.4 is 5.32 Å². The lowest BCUT2D eigenvalue weighted by Crippen LogP contribution is -2.46. The molecule has 2 aromatic rings. The highest BCUT2D eigenvalue weighted by Crippen LogP contribution is 2.39. The van der Waals surface area contributed by atoms with E-state index in [2.05, 4.69) is 30.1 Å². The molecule has 0 bridgehead atoms. The number of carbonyl (C=O) groups is 2. The molecule has 0 saturated carbocycles. The van der Waals surface area contributed by atoms with Gasteiger partial charge < -0.3 is 15.0 Å². The Labute approximate surface area is 177 Å². The minimum absolute atomic E-state index is 0.0111. The molecule has 5 nitrogen and oxygen atoms in total. The monoisotopic (exact) mass is 404 g/mol. The van der Waals surface area contributed by atoms with Crippen LogP contribution in [0, 0.1) is 5.92 Å². The van der Waals surface area contributed by atoms with E-state index in [1.165, 1.54) is 11.6 Å². The van der Waals surface area contributed by atoms with Crippen molar-refractivity contribution >= 4 is 17.5 Å². The van der Waals surface area contributed by atoms with Gasteiger partial charge >= 0.3 is 0 Å². The Kier molecular flexibility index (Phi) is 6.00. The Morgan fingerprint density at radius 3 is 2.53 bits per heavy atom. The van der Waals surface area contributed by atoms with Gasteiger partial charge in [0.1, 0.15) is 0 Å². The van der Waals surface area contributed by atoms with E-state index < -0.39 is 0 Å². The van der Waals surface area contributed by atoms with Crippen molar-refractivity contribution in [2.24, 2.45) is 5.92 Å². The number of para-hydroxylation sites is 1. The maximum atomic E-state index is 13.0. The number of benzene rings is 2. The molecule has 2 aliphatic heterocycles. The number of likely N-dealkylation sites (tertiary alicyclic amines) is 1. The molecule has 2 saturated heterocycles. The highest BCUT2D eigenvalue weighted by molar-refractivity contribution is 5.93. The summed E-state index contributed by atoms with van der Waals surface area (Å²) < 4.78 is 6.12. The van der Waals surface area contributed by atoms with E-state index in [-0.39, 0.29) is 23.3 Å². The molecule has 0 aromatic heterocycles. The smallest absolute Gasteiger partial charge is 0.245 e. The first-order valence-corrected chi connectivity index (χ1v) is 10.6.